The van der Waals surface area contributed by atoms with Gasteiger partial charge in [-0.25, -0.2) is 4.79 Å². The molecule has 0 aliphatic rings. The summed E-state index contributed by atoms with van der Waals surface area (Å²) in [6, 6.07) is 6.84. The molecule has 144 valence electrons. The number of aromatic hydroxyl groups is 1. The van der Waals surface area contributed by atoms with Gasteiger partial charge in [0.15, 0.2) is 0 Å². The van der Waals surface area contributed by atoms with Crippen molar-refractivity contribution in [2.24, 2.45) is 4.99 Å². The summed E-state index contributed by atoms with van der Waals surface area (Å²) in [6.07, 6.45) is 3.66. The van der Waals surface area contributed by atoms with Crippen molar-refractivity contribution in [1.29, 1.82) is 0 Å². The minimum Gasteiger partial charge on any atom is -0.505 e. The molecular formula is C20H25N3O4. The van der Waals surface area contributed by atoms with Crippen LogP contribution in [0.3, 0.4) is 0 Å². The van der Waals surface area contributed by atoms with Gasteiger partial charge in [-0.15, -0.1) is 0 Å². The van der Waals surface area contributed by atoms with Crippen LogP contribution in [0.4, 0.5) is 5.69 Å². The molecule has 2 aromatic rings. The van der Waals surface area contributed by atoms with Crippen molar-refractivity contribution >= 4 is 17.9 Å². The van der Waals surface area contributed by atoms with Crippen molar-refractivity contribution in [2.45, 2.75) is 20.0 Å². The number of rotatable bonds is 8. The Labute approximate surface area is 159 Å². The first-order valence-corrected chi connectivity index (χ1v) is 8.67. The number of ether oxygens (including phenoxy) is 1. The molecule has 0 aliphatic carbocycles. The van der Waals surface area contributed by atoms with Crippen LogP contribution in [0.1, 0.15) is 33.6 Å². The first-order valence-electron chi connectivity index (χ1n) is 8.67. The lowest BCUT2D eigenvalue weighted by Gasteiger charge is -2.10. The van der Waals surface area contributed by atoms with Crippen LogP contribution < -0.4 is 0 Å². The molecule has 0 saturated heterocycles. The predicted octanol–water partition coefficient (Wildman–Crippen LogP) is 2.45. The Hall–Kier alpha value is -2.77. The molecule has 1 heterocycles. The highest BCUT2D eigenvalue weighted by Crippen LogP contribution is 2.24. The summed E-state index contributed by atoms with van der Waals surface area (Å²) in [6.45, 7) is 2.54. The molecule has 0 spiro atoms. The number of pyridine rings is 1. The number of aliphatic hydroxyl groups excluding tert-OH is 1. The standard InChI is InChI=1S/C20H25N3O4/c1-14-19(25)17(15(13-24)11-21-14)12-22-18-8-5-4-7-16(18)20(26)27-10-6-9-23(2)3/h4-5,7-8,11-12,24-25H,6,9-10,13H2,1-3H3. The minimum absolute atomic E-state index is 0.0472. The number of carbonyl (C=O) groups is 1. The van der Waals surface area contributed by atoms with Gasteiger partial charge in [0.1, 0.15) is 5.75 Å². The summed E-state index contributed by atoms with van der Waals surface area (Å²) in [7, 11) is 3.92. The highest BCUT2D eigenvalue weighted by molar-refractivity contribution is 5.97. The zero-order valence-electron chi connectivity index (χ0n) is 15.8. The van der Waals surface area contributed by atoms with Crippen LogP contribution in [0, 0.1) is 6.92 Å². The highest BCUT2D eigenvalue weighted by Gasteiger charge is 2.13. The van der Waals surface area contributed by atoms with Gasteiger partial charge in [0.25, 0.3) is 0 Å². The van der Waals surface area contributed by atoms with Gasteiger partial charge in [-0.05, 0) is 39.6 Å². The number of esters is 1. The Bertz CT molecular complexity index is 819. The second kappa shape index (κ2) is 9.80. The molecule has 1 aromatic carbocycles. The Morgan fingerprint density at radius 3 is 2.78 bits per heavy atom. The smallest absolute Gasteiger partial charge is 0.340 e. The third-order valence-corrected chi connectivity index (χ3v) is 3.97. The number of hydrogen-bond acceptors (Lipinski definition) is 7. The van der Waals surface area contributed by atoms with E-state index >= 15 is 0 Å². The van der Waals surface area contributed by atoms with E-state index in [1.165, 1.54) is 12.4 Å². The van der Waals surface area contributed by atoms with Crippen LogP contribution in [-0.4, -0.2) is 59.5 Å². The van der Waals surface area contributed by atoms with Crippen molar-refractivity contribution in [1.82, 2.24) is 9.88 Å². The van der Waals surface area contributed by atoms with Gasteiger partial charge < -0.3 is 19.8 Å². The molecule has 0 unspecified atom stereocenters. The van der Waals surface area contributed by atoms with E-state index in [2.05, 4.69) is 9.98 Å². The van der Waals surface area contributed by atoms with Crippen molar-refractivity contribution in [3.63, 3.8) is 0 Å². The van der Waals surface area contributed by atoms with Crippen LogP contribution in [0.2, 0.25) is 0 Å². The second-order valence-corrected chi connectivity index (χ2v) is 6.36. The average Bonchev–Trinajstić information content (AvgIpc) is 2.66. The maximum atomic E-state index is 12.4. The number of hydrogen-bond donors (Lipinski definition) is 2. The number of para-hydroxylation sites is 1. The van der Waals surface area contributed by atoms with Crippen molar-refractivity contribution in [3.05, 3.63) is 52.8 Å². The summed E-state index contributed by atoms with van der Waals surface area (Å²) in [5.41, 5.74) is 2.02. The third-order valence-electron chi connectivity index (χ3n) is 3.97. The van der Waals surface area contributed by atoms with E-state index in [-0.39, 0.29) is 12.4 Å². The zero-order valence-corrected chi connectivity index (χ0v) is 15.8. The molecule has 7 nitrogen and oxygen atoms in total. The lowest BCUT2D eigenvalue weighted by molar-refractivity contribution is 0.0494. The molecule has 7 heteroatoms. The van der Waals surface area contributed by atoms with E-state index in [0.717, 1.165) is 13.0 Å². The van der Waals surface area contributed by atoms with Gasteiger partial charge in [0.2, 0.25) is 0 Å². The molecule has 2 N–H and O–H groups in total. The first kappa shape index (κ1) is 20.5. The fourth-order valence-electron chi connectivity index (χ4n) is 2.44. The minimum atomic E-state index is -0.445. The molecule has 0 saturated carbocycles. The number of carbonyl (C=O) groups excluding carboxylic acids is 1. The Kier molecular flexibility index (Phi) is 7.45. The van der Waals surface area contributed by atoms with Gasteiger partial charge in [-0.2, -0.15) is 0 Å². The molecule has 0 fully saturated rings. The van der Waals surface area contributed by atoms with Crippen LogP contribution in [0.15, 0.2) is 35.5 Å². The largest absolute Gasteiger partial charge is 0.505 e. The van der Waals surface area contributed by atoms with E-state index in [1.807, 2.05) is 19.0 Å². The zero-order chi connectivity index (χ0) is 19.8. The van der Waals surface area contributed by atoms with E-state index < -0.39 is 5.97 Å². The molecule has 27 heavy (non-hydrogen) atoms. The fraction of sp³-hybridized carbons (Fsp3) is 0.350. The lowest BCUT2D eigenvalue weighted by atomic mass is 10.1. The average molecular weight is 371 g/mol. The van der Waals surface area contributed by atoms with Crippen molar-refractivity contribution in [2.75, 3.05) is 27.2 Å². The van der Waals surface area contributed by atoms with Crippen molar-refractivity contribution < 1.29 is 19.7 Å². The molecular weight excluding hydrogens is 346 g/mol. The normalized spacial score (nSPS) is 11.3. The van der Waals surface area contributed by atoms with E-state index in [0.29, 0.717) is 34.7 Å². The number of nitrogens with zero attached hydrogens (tertiary/aromatic N) is 3. The third kappa shape index (κ3) is 5.60. The lowest BCUT2D eigenvalue weighted by Crippen LogP contribution is -2.16. The molecule has 2 rings (SSSR count). The van der Waals surface area contributed by atoms with E-state index in [9.17, 15) is 15.0 Å². The SMILES string of the molecule is Cc1ncc(CO)c(C=Nc2ccccc2C(=O)OCCCN(C)C)c1O. The van der Waals surface area contributed by atoms with Crippen LogP contribution in [-0.2, 0) is 11.3 Å². The van der Waals surface area contributed by atoms with Gasteiger partial charge in [0, 0.05) is 30.1 Å². The Morgan fingerprint density at radius 1 is 1.33 bits per heavy atom. The summed E-state index contributed by atoms with van der Waals surface area (Å²) >= 11 is 0. The molecule has 0 radical (unpaired) electrons. The highest BCUT2D eigenvalue weighted by atomic mass is 16.5. The maximum Gasteiger partial charge on any atom is 0.340 e. The summed E-state index contributed by atoms with van der Waals surface area (Å²) in [5, 5.41) is 19.6. The number of aryl methyl sites for hydroxylation is 1. The molecule has 0 bridgehead atoms. The maximum absolute atomic E-state index is 12.4. The van der Waals surface area contributed by atoms with Crippen LogP contribution >= 0.6 is 0 Å². The van der Waals surface area contributed by atoms with Crippen LogP contribution in [0.5, 0.6) is 5.75 Å². The van der Waals surface area contributed by atoms with Gasteiger partial charge in [0.05, 0.1) is 30.2 Å². The second-order valence-electron chi connectivity index (χ2n) is 6.36. The van der Waals surface area contributed by atoms with Gasteiger partial charge in [-0.3, -0.25) is 9.98 Å². The van der Waals surface area contributed by atoms with Crippen LogP contribution in [0.25, 0.3) is 0 Å². The number of aliphatic hydroxyl groups is 1. The topological polar surface area (TPSA) is 95.2 Å². The monoisotopic (exact) mass is 371 g/mol. The summed E-state index contributed by atoms with van der Waals surface area (Å²) < 4.78 is 5.32. The number of aliphatic imine (C=N–C) groups is 1. The van der Waals surface area contributed by atoms with Crippen molar-refractivity contribution in [3.8, 4) is 5.75 Å². The summed E-state index contributed by atoms with van der Waals surface area (Å²) in [5.74, 6) is -0.493. The van der Waals surface area contributed by atoms with Gasteiger partial charge >= 0.3 is 5.97 Å². The number of aromatic nitrogens is 1. The van der Waals surface area contributed by atoms with E-state index in [4.69, 9.17) is 4.74 Å². The Morgan fingerprint density at radius 2 is 2.07 bits per heavy atom. The van der Waals surface area contributed by atoms with E-state index in [1.54, 1.807) is 31.2 Å². The number of benzene rings is 1. The molecule has 0 amide bonds. The Balaban J connectivity index is 2.20. The molecule has 0 aliphatic heterocycles. The fourth-order valence-corrected chi connectivity index (χ4v) is 2.44. The predicted molar refractivity (Wildman–Crippen MR) is 104 cm³/mol. The quantitative estimate of drug-likeness (QED) is 0.420. The molecule has 0 atom stereocenters. The van der Waals surface area contributed by atoms with Gasteiger partial charge in [-0.1, -0.05) is 12.1 Å². The first-order chi connectivity index (χ1) is 12.9. The molecule has 1 aromatic heterocycles. The summed E-state index contributed by atoms with van der Waals surface area (Å²) in [4.78, 5) is 22.7.